The van der Waals surface area contributed by atoms with Crippen LogP contribution in [0.15, 0.2) is 64.4 Å². The van der Waals surface area contributed by atoms with Crippen molar-refractivity contribution in [3.8, 4) is 24.2 Å². The third-order valence-electron chi connectivity index (χ3n) is 4.60. The molecule has 1 heterocycles. The fourth-order valence-corrected chi connectivity index (χ4v) is 3.07. The third kappa shape index (κ3) is 5.87. The van der Waals surface area contributed by atoms with Crippen molar-refractivity contribution in [2.75, 3.05) is 6.61 Å². The van der Waals surface area contributed by atoms with Gasteiger partial charge in [-0.25, -0.2) is 14.4 Å². The van der Waals surface area contributed by atoms with Crippen molar-refractivity contribution in [3.05, 3.63) is 76.7 Å². The molecule has 1 aromatic heterocycles. The smallest absolute Gasteiger partial charge is 0.385 e. The Hall–Kier alpha value is -4.29. The first kappa shape index (κ1) is 22.4. The van der Waals surface area contributed by atoms with E-state index in [0.717, 1.165) is 17.0 Å². The van der Waals surface area contributed by atoms with Crippen molar-refractivity contribution in [2.45, 2.75) is 25.4 Å². The summed E-state index contributed by atoms with van der Waals surface area (Å²) in [6.07, 6.45) is 12.1. The molecule has 6 nitrogen and oxygen atoms in total. The summed E-state index contributed by atoms with van der Waals surface area (Å²) in [6, 6.07) is 7.37. The number of carbonyl (C=O) groups is 2. The molecule has 1 aliphatic carbocycles. The summed E-state index contributed by atoms with van der Waals surface area (Å²) in [5, 5.41) is 0.763. The maximum Gasteiger partial charge on any atom is 0.385 e. The summed E-state index contributed by atoms with van der Waals surface area (Å²) in [6.45, 7) is 3.64. The van der Waals surface area contributed by atoms with Crippen LogP contribution < -0.4 is 5.63 Å². The van der Waals surface area contributed by atoms with Crippen LogP contribution in [0.2, 0.25) is 0 Å². The number of terminal acetylenes is 1. The van der Waals surface area contributed by atoms with Gasteiger partial charge in [-0.2, -0.15) is 0 Å². The van der Waals surface area contributed by atoms with Gasteiger partial charge >= 0.3 is 17.6 Å². The average Bonchev–Trinajstić information content (AvgIpc) is 2.78. The first-order chi connectivity index (χ1) is 15.5. The van der Waals surface area contributed by atoms with Gasteiger partial charge in [-0.15, -0.1) is 6.42 Å². The van der Waals surface area contributed by atoms with Gasteiger partial charge in [0.05, 0.1) is 12.2 Å². The number of hydrogen-bond donors (Lipinski definition) is 0. The molecule has 0 fully saturated rings. The molecule has 160 valence electrons. The molecule has 0 radical (unpaired) electrons. The lowest BCUT2D eigenvalue weighted by Gasteiger charge is -2.09. The van der Waals surface area contributed by atoms with Crippen LogP contribution in [0, 0.1) is 24.2 Å². The Kier molecular flexibility index (Phi) is 7.46. The van der Waals surface area contributed by atoms with Gasteiger partial charge in [0.1, 0.15) is 5.58 Å². The van der Waals surface area contributed by atoms with Crippen LogP contribution in [0.25, 0.3) is 16.5 Å². The van der Waals surface area contributed by atoms with Crippen molar-refractivity contribution < 1.29 is 23.5 Å². The molecule has 3 rings (SSSR count). The second kappa shape index (κ2) is 10.7. The molecular formula is C26H20O6. The van der Waals surface area contributed by atoms with Gasteiger partial charge in [0, 0.05) is 23.8 Å². The average molecular weight is 428 g/mol. The Balaban J connectivity index is 1.78. The lowest BCUT2D eigenvalue weighted by atomic mass is 10.0. The molecule has 0 saturated heterocycles. The topological polar surface area (TPSA) is 82.8 Å². The fraction of sp³-hybridized carbons (Fsp3) is 0.192. The number of ether oxygens (including phenoxy) is 2. The van der Waals surface area contributed by atoms with E-state index in [2.05, 4.69) is 18.4 Å². The first-order valence-electron chi connectivity index (χ1n) is 9.90. The van der Waals surface area contributed by atoms with Crippen molar-refractivity contribution in [1.29, 1.82) is 0 Å². The number of aryl methyl sites for hydroxylation is 1. The molecule has 1 unspecified atom stereocenters. The number of carbonyl (C=O) groups excluding carboxylic acids is 2. The van der Waals surface area contributed by atoms with E-state index in [4.69, 9.17) is 20.3 Å². The maximum atomic E-state index is 12.7. The molecule has 0 aliphatic heterocycles. The second-order valence-electron chi connectivity index (χ2n) is 6.81. The zero-order chi connectivity index (χ0) is 22.9. The highest BCUT2D eigenvalue weighted by molar-refractivity contribution is 5.88. The van der Waals surface area contributed by atoms with Gasteiger partial charge in [0.2, 0.25) is 0 Å². The summed E-state index contributed by atoms with van der Waals surface area (Å²) in [4.78, 5) is 35.1. The molecule has 1 atom stereocenters. The SMILES string of the molecule is C#CC(=O)OC1C#CC/C=C(/c2cc3ccc(CCCOC(=O)C=C)cc3oc2=O)C=C1. The van der Waals surface area contributed by atoms with Crippen LogP contribution in [0.4, 0.5) is 0 Å². The quantitative estimate of drug-likeness (QED) is 0.168. The minimum Gasteiger partial charge on any atom is -0.463 e. The highest BCUT2D eigenvalue weighted by atomic mass is 16.5. The Morgan fingerprint density at radius 3 is 2.97 bits per heavy atom. The molecule has 0 amide bonds. The molecular weight excluding hydrogens is 408 g/mol. The molecule has 6 heteroatoms. The van der Waals surface area contributed by atoms with E-state index >= 15 is 0 Å². The minimum atomic E-state index is -0.806. The monoisotopic (exact) mass is 428 g/mol. The summed E-state index contributed by atoms with van der Waals surface area (Å²) < 4.78 is 15.6. The van der Waals surface area contributed by atoms with Crippen molar-refractivity contribution >= 4 is 28.5 Å². The molecule has 2 aromatic rings. The molecule has 0 bridgehead atoms. The van der Waals surface area contributed by atoms with Crippen LogP contribution >= 0.6 is 0 Å². The van der Waals surface area contributed by atoms with E-state index in [1.165, 1.54) is 0 Å². The minimum absolute atomic E-state index is 0.285. The van der Waals surface area contributed by atoms with Gasteiger partial charge in [0.25, 0.3) is 0 Å². The summed E-state index contributed by atoms with van der Waals surface area (Å²) in [5.74, 6) is 6.28. The van der Waals surface area contributed by atoms with Crippen LogP contribution in [0.5, 0.6) is 0 Å². The predicted octanol–water partition coefficient (Wildman–Crippen LogP) is 3.35. The summed E-state index contributed by atoms with van der Waals surface area (Å²) in [7, 11) is 0. The van der Waals surface area contributed by atoms with E-state index < -0.39 is 23.7 Å². The number of rotatable bonds is 7. The van der Waals surface area contributed by atoms with Gasteiger partial charge in [-0.1, -0.05) is 42.7 Å². The zero-order valence-corrected chi connectivity index (χ0v) is 17.3. The largest absolute Gasteiger partial charge is 0.463 e. The third-order valence-corrected chi connectivity index (χ3v) is 4.60. The Morgan fingerprint density at radius 2 is 2.19 bits per heavy atom. The Bertz CT molecular complexity index is 1270. The van der Waals surface area contributed by atoms with E-state index in [1.807, 2.05) is 18.1 Å². The highest BCUT2D eigenvalue weighted by Gasteiger charge is 2.12. The van der Waals surface area contributed by atoms with Crippen molar-refractivity contribution in [3.63, 3.8) is 0 Å². The van der Waals surface area contributed by atoms with E-state index in [0.29, 0.717) is 36.0 Å². The second-order valence-corrected chi connectivity index (χ2v) is 6.81. The molecule has 0 spiro atoms. The van der Waals surface area contributed by atoms with Crippen LogP contribution in [0.3, 0.4) is 0 Å². The summed E-state index contributed by atoms with van der Waals surface area (Å²) in [5.41, 5.74) is 1.93. The fourth-order valence-electron chi connectivity index (χ4n) is 3.07. The number of allylic oxidation sites excluding steroid dienone is 3. The van der Waals surface area contributed by atoms with Gasteiger partial charge in [-0.3, -0.25) is 0 Å². The van der Waals surface area contributed by atoms with Crippen molar-refractivity contribution in [2.24, 2.45) is 0 Å². The number of benzene rings is 1. The Morgan fingerprint density at radius 1 is 1.34 bits per heavy atom. The first-order valence-corrected chi connectivity index (χ1v) is 9.90. The number of esters is 2. The van der Waals surface area contributed by atoms with E-state index in [-0.39, 0.29) is 6.61 Å². The van der Waals surface area contributed by atoms with Gasteiger partial charge in [0.15, 0.2) is 6.10 Å². The van der Waals surface area contributed by atoms with E-state index in [9.17, 15) is 14.4 Å². The van der Waals surface area contributed by atoms with Crippen molar-refractivity contribution in [1.82, 2.24) is 0 Å². The van der Waals surface area contributed by atoms with Crippen LogP contribution in [-0.4, -0.2) is 24.6 Å². The standard InChI is InChI=1S/C26H20O6/c1-3-24(27)30-15-7-8-18-11-12-20-17-22(26(29)32-23(20)16-18)19-9-5-6-10-21(14-13-19)31-25(28)4-2/h2-3,9,11-14,16-17,21H,1,5,7-8,15H2/b14-13?,19-9+. The van der Waals surface area contributed by atoms with Gasteiger partial charge < -0.3 is 13.9 Å². The molecule has 1 aliphatic rings. The van der Waals surface area contributed by atoms with Gasteiger partial charge in [-0.05, 0) is 42.2 Å². The highest BCUT2D eigenvalue weighted by Crippen LogP contribution is 2.22. The molecule has 1 aromatic carbocycles. The number of fused-ring (bicyclic) bond motifs is 1. The molecule has 0 saturated carbocycles. The normalized spacial score (nSPS) is 16.3. The number of hydrogen-bond acceptors (Lipinski definition) is 6. The van der Waals surface area contributed by atoms with Crippen LogP contribution in [0.1, 0.15) is 24.0 Å². The molecule has 32 heavy (non-hydrogen) atoms. The predicted molar refractivity (Wildman–Crippen MR) is 120 cm³/mol. The van der Waals surface area contributed by atoms with Crippen LogP contribution in [-0.2, 0) is 25.5 Å². The maximum absolute atomic E-state index is 12.7. The lowest BCUT2D eigenvalue weighted by molar-refractivity contribution is -0.138. The van der Waals surface area contributed by atoms with E-state index in [1.54, 1.807) is 30.4 Å². The molecule has 0 N–H and O–H groups in total. The summed E-state index contributed by atoms with van der Waals surface area (Å²) >= 11 is 0. The Labute approximate surface area is 185 Å². The zero-order valence-electron chi connectivity index (χ0n) is 17.3. The lowest BCUT2D eigenvalue weighted by Crippen LogP contribution is -2.13.